The molecule has 0 atom stereocenters. The lowest BCUT2D eigenvalue weighted by Gasteiger charge is -2.32. The number of hydrogen-bond acceptors (Lipinski definition) is 5. The van der Waals surface area contributed by atoms with Gasteiger partial charge >= 0.3 is 0 Å². The highest BCUT2D eigenvalue weighted by Gasteiger charge is 2.23. The largest absolute Gasteiger partial charge is 0.354 e. The van der Waals surface area contributed by atoms with Gasteiger partial charge in [0.1, 0.15) is 0 Å². The van der Waals surface area contributed by atoms with Crippen molar-refractivity contribution in [3.63, 3.8) is 0 Å². The first-order valence-electron chi connectivity index (χ1n) is 10.4. The van der Waals surface area contributed by atoms with Gasteiger partial charge in [-0.05, 0) is 31.0 Å². The smallest absolute Gasteiger partial charge is 0.275 e. The molecule has 1 fully saturated rings. The van der Waals surface area contributed by atoms with E-state index in [1.165, 1.54) is 4.68 Å². The second-order valence-electron chi connectivity index (χ2n) is 7.65. The zero-order chi connectivity index (χ0) is 21.8. The number of benzene rings is 2. The topological polar surface area (TPSA) is 96.3 Å². The summed E-state index contributed by atoms with van der Waals surface area (Å²) in [6.45, 7) is 1.74. The fourth-order valence-corrected chi connectivity index (χ4v) is 3.88. The number of carbonyl (C=O) groups excluding carboxylic acids is 2. The number of hydrogen-bond donors (Lipinski definition) is 2. The Hall–Kier alpha value is -3.52. The average molecular weight is 419 g/mol. The van der Waals surface area contributed by atoms with Crippen LogP contribution >= 0.6 is 0 Å². The van der Waals surface area contributed by atoms with Crippen LogP contribution in [0.1, 0.15) is 33.7 Å². The lowest BCUT2D eigenvalue weighted by Crippen LogP contribution is -2.46. The Morgan fingerprint density at radius 3 is 2.29 bits per heavy atom. The number of fused-ring (bicyclic) bond motifs is 1. The molecule has 8 heteroatoms. The second-order valence-corrected chi connectivity index (χ2v) is 7.65. The van der Waals surface area contributed by atoms with E-state index < -0.39 is 0 Å². The van der Waals surface area contributed by atoms with E-state index in [4.69, 9.17) is 0 Å². The SMILES string of the molecule is CNC(=O)c1nn(CN2CCC(NC(=O)c3ccccc3)CC2)c(=O)c2ccccc12. The first-order chi connectivity index (χ1) is 15.1. The molecule has 0 radical (unpaired) electrons. The summed E-state index contributed by atoms with van der Waals surface area (Å²) in [5.41, 5.74) is 0.670. The first kappa shape index (κ1) is 20.7. The van der Waals surface area contributed by atoms with Crippen LogP contribution in [-0.4, -0.2) is 52.7 Å². The Morgan fingerprint density at radius 1 is 0.968 bits per heavy atom. The van der Waals surface area contributed by atoms with Gasteiger partial charge < -0.3 is 10.6 Å². The average Bonchev–Trinajstić information content (AvgIpc) is 2.82. The highest BCUT2D eigenvalue weighted by molar-refractivity contribution is 6.04. The molecule has 1 saturated heterocycles. The quantitative estimate of drug-likeness (QED) is 0.655. The molecule has 0 bridgehead atoms. The third-order valence-electron chi connectivity index (χ3n) is 5.60. The molecule has 1 aromatic heterocycles. The number of carbonyl (C=O) groups is 2. The molecular formula is C23H25N5O3. The monoisotopic (exact) mass is 419 g/mol. The molecular weight excluding hydrogens is 394 g/mol. The van der Waals surface area contributed by atoms with Crippen LogP contribution in [0, 0.1) is 0 Å². The van der Waals surface area contributed by atoms with Gasteiger partial charge in [0.15, 0.2) is 5.69 Å². The molecule has 8 nitrogen and oxygen atoms in total. The summed E-state index contributed by atoms with van der Waals surface area (Å²) in [5.74, 6) is -0.394. The van der Waals surface area contributed by atoms with E-state index >= 15 is 0 Å². The predicted molar refractivity (Wildman–Crippen MR) is 118 cm³/mol. The van der Waals surface area contributed by atoms with E-state index in [0.29, 0.717) is 23.0 Å². The van der Waals surface area contributed by atoms with Gasteiger partial charge in [-0.1, -0.05) is 36.4 Å². The molecule has 0 unspecified atom stereocenters. The maximum Gasteiger partial charge on any atom is 0.275 e. The van der Waals surface area contributed by atoms with Gasteiger partial charge in [-0.25, -0.2) is 4.68 Å². The zero-order valence-corrected chi connectivity index (χ0v) is 17.4. The third-order valence-corrected chi connectivity index (χ3v) is 5.60. The summed E-state index contributed by atoms with van der Waals surface area (Å²) in [4.78, 5) is 39.7. The second kappa shape index (κ2) is 9.09. The number of piperidine rings is 1. The van der Waals surface area contributed by atoms with Gasteiger partial charge in [-0.3, -0.25) is 19.3 Å². The van der Waals surface area contributed by atoms with Crippen LogP contribution in [0.15, 0.2) is 59.4 Å². The van der Waals surface area contributed by atoms with E-state index in [1.807, 2.05) is 18.2 Å². The highest BCUT2D eigenvalue weighted by Crippen LogP contribution is 2.15. The summed E-state index contributed by atoms with van der Waals surface area (Å²) in [5, 5.41) is 11.0. The van der Waals surface area contributed by atoms with Gasteiger partial charge in [0.05, 0.1) is 12.1 Å². The molecule has 0 spiro atoms. The van der Waals surface area contributed by atoms with Gasteiger partial charge in [-0.2, -0.15) is 5.10 Å². The van der Waals surface area contributed by atoms with E-state index in [2.05, 4.69) is 20.6 Å². The van der Waals surface area contributed by atoms with Gasteiger partial charge in [0, 0.05) is 37.1 Å². The number of aromatic nitrogens is 2. The van der Waals surface area contributed by atoms with Crippen molar-refractivity contribution in [1.82, 2.24) is 25.3 Å². The summed E-state index contributed by atoms with van der Waals surface area (Å²) in [7, 11) is 1.54. The lowest BCUT2D eigenvalue weighted by molar-refractivity contribution is 0.0895. The van der Waals surface area contributed by atoms with Crippen LogP contribution in [0.2, 0.25) is 0 Å². The molecule has 0 saturated carbocycles. The summed E-state index contributed by atoms with van der Waals surface area (Å²) in [6.07, 6.45) is 1.56. The number of rotatable bonds is 5. The van der Waals surface area contributed by atoms with Gasteiger partial charge in [0.2, 0.25) is 0 Å². The maximum absolute atomic E-state index is 12.9. The Balaban J connectivity index is 1.45. The number of nitrogens with one attached hydrogen (secondary N) is 2. The van der Waals surface area contributed by atoms with Crippen LogP contribution in [0.4, 0.5) is 0 Å². The van der Waals surface area contributed by atoms with Crippen LogP contribution in [0.3, 0.4) is 0 Å². The van der Waals surface area contributed by atoms with Crippen molar-refractivity contribution >= 4 is 22.6 Å². The third kappa shape index (κ3) is 4.49. The normalized spacial score (nSPS) is 15.0. The van der Waals surface area contributed by atoms with Crippen molar-refractivity contribution in [3.05, 3.63) is 76.2 Å². The van der Waals surface area contributed by atoms with Crippen molar-refractivity contribution in [2.45, 2.75) is 25.6 Å². The standard InChI is InChI=1S/C23H25N5O3/c1-24-22(30)20-18-9-5-6-10-19(18)23(31)28(26-20)15-27-13-11-17(12-14-27)25-21(29)16-7-3-2-4-8-16/h2-10,17H,11-15H2,1H3,(H,24,30)(H,25,29). The van der Waals surface area contributed by atoms with E-state index in [0.717, 1.165) is 25.9 Å². The van der Waals surface area contributed by atoms with Gasteiger partial charge in [0.25, 0.3) is 17.4 Å². The molecule has 160 valence electrons. The van der Waals surface area contributed by atoms with E-state index in [-0.39, 0.29) is 29.1 Å². The minimum absolute atomic E-state index is 0.0679. The summed E-state index contributed by atoms with van der Waals surface area (Å²) >= 11 is 0. The van der Waals surface area contributed by atoms with Crippen molar-refractivity contribution in [2.24, 2.45) is 0 Å². The molecule has 0 aliphatic carbocycles. The molecule has 3 aromatic rings. The van der Waals surface area contributed by atoms with Crippen LogP contribution in [0.25, 0.3) is 10.8 Å². The predicted octanol–water partition coefficient (Wildman–Crippen LogP) is 1.61. The van der Waals surface area contributed by atoms with Gasteiger partial charge in [-0.15, -0.1) is 0 Å². The highest BCUT2D eigenvalue weighted by atomic mass is 16.2. The van der Waals surface area contributed by atoms with E-state index in [9.17, 15) is 14.4 Å². The van der Waals surface area contributed by atoms with E-state index in [1.54, 1.807) is 43.4 Å². The lowest BCUT2D eigenvalue weighted by atomic mass is 10.0. The van der Waals surface area contributed by atoms with Crippen molar-refractivity contribution < 1.29 is 9.59 Å². The molecule has 1 aliphatic heterocycles. The Kier molecular flexibility index (Phi) is 6.08. The maximum atomic E-state index is 12.9. The van der Waals surface area contributed by atoms with Crippen molar-refractivity contribution in [3.8, 4) is 0 Å². The molecule has 2 heterocycles. The molecule has 2 aromatic carbocycles. The Labute approximate surface area is 179 Å². The number of likely N-dealkylation sites (tertiary alicyclic amines) is 1. The summed E-state index contributed by atoms with van der Waals surface area (Å²) in [6, 6.07) is 16.3. The molecule has 2 N–H and O–H groups in total. The Bertz CT molecular complexity index is 1150. The minimum Gasteiger partial charge on any atom is -0.354 e. The zero-order valence-electron chi connectivity index (χ0n) is 17.4. The number of nitrogens with zero attached hydrogens (tertiary/aromatic N) is 3. The fraction of sp³-hybridized carbons (Fsp3) is 0.304. The van der Waals surface area contributed by atoms with Crippen molar-refractivity contribution in [2.75, 3.05) is 20.1 Å². The molecule has 31 heavy (non-hydrogen) atoms. The first-order valence-corrected chi connectivity index (χ1v) is 10.4. The van der Waals surface area contributed by atoms with Crippen LogP contribution in [0.5, 0.6) is 0 Å². The molecule has 4 rings (SSSR count). The Morgan fingerprint density at radius 2 is 1.61 bits per heavy atom. The van der Waals surface area contributed by atoms with Crippen LogP contribution in [-0.2, 0) is 6.67 Å². The van der Waals surface area contributed by atoms with Crippen molar-refractivity contribution in [1.29, 1.82) is 0 Å². The number of amides is 2. The molecule has 2 amide bonds. The molecule has 1 aliphatic rings. The summed E-state index contributed by atoms with van der Waals surface area (Å²) < 4.78 is 1.36. The fourth-order valence-electron chi connectivity index (χ4n) is 3.88. The minimum atomic E-state index is -0.327. The van der Waals surface area contributed by atoms with Crippen LogP contribution < -0.4 is 16.2 Å².